The van der Waals surface area contributed by atoms with Gasteiger partial charge in [-0.05, 0) is 6.42 Å². The lowest BCUT2D eigenvalue weighted by Crippen LogP contribution is -2.32. The standard InChI is InChI=1S/C5H8O3/c6-4-2-1-3-5(4,7)8/h7-8H,1-3H2. The van der Waals surface area contributed by atoms with Gasteiger partial charge in [-0.3, -0.25) is 4.79 Å². The molecule has 0 saturated heterocycles. The van der Waals surface area contributed by atoms with Crippen LogP contribution in [0.2, 0.25) is 0 Å². The predicted molar refractivity (Wildman–Crippen MR) is 26.0 cm³/mol. The van der Waals surface area contributed by atoms with Crippen molar-refractivity contribution < 1.29 is 15.0 Å². The molecule has 0 bridgehead atoms. The van der Waals surface area contributed by atoms with Gasteiger partial charge < -0.3 is 10.2 Å². The van der Waals surface area contributed by atoms with Crippen molar-refractivity contribution in [2.45, 2.75) is 25.0 Å². The largest absolute Gasteiger partial charge is 0.360 e. The highest BCUT2D eigenvalue weighted by Gasteiger charge is 2.37. The van der Waals surface area contributed by atoms with Gasteiger partial charge >= 0.3 is 0 Å². The van der Waals surface area contributed by atoms with Crippen LogP contribution in [0.15, 0.2) is 0 Å². The summed E-state index contributed by atoms with van der Waals surface area (Å²) in [6.07, 6.45) is 1.12. The van der Waals surface area contributed by atoms with Crippen LogP contribution in [0, 0.1) is 0 Å². The first kappa shape index (κ1) is 5.72. The van der Waals surface area contributed by atoms with Gasteiger partial charge in [0.25, 0.3) is 0 Å². The molecular weight excluding hydrogens is 108 g/mol. The molecule has 3 heteroatoms. The van der Waals surface area contributed by atoms with E-state index in [2.05, 4.69) is 0 Å². The van der Waals surface area contributed by atoms with Gasteiger partial charge in [0.15, 0.2) is 5.78 Å². The summed E-state index contributed by atoms with van der Waals surface area (Å²) in [7, 11) is 0. The zero-order chi connectivity index (χ0) is 6.20. The van der Waals surface area contributed by atoms with Gasteiger partial charge in [-0.2, -0.15) is 0 Å². The molecule has 0 spiro atoms. The molecule has 2 N–H and O–H groups in total. The van der Waals surface area contributed by atoms with Crippen molar-refractivity contribution in [3.8, 4) is 0 Å². The smallest absolute Gasteiger partial charge is 0.223 e. The minimum atomic E-state index is -1.99. The molecular formula is C5H8O3. The van der Waals surface area contributed by atoms with E-state index in [1.165, 1.54) is 0 Å². The van der Waals surface area contributed by atoms with Crippen LogP contribution in [0.3, 0.4) is 0 Å². The molecule has 0 amide bonds. The van der Waals surface area contributed by atoms with Crippen LogP contribution in [-0.2, 0) is 4.79 Å². The monoisotopic (exact) mass is 116 g/mol. The minimum absolute atomic E-state index is 0.200. The molecule has 1 aliphatic carbocycles. The quantitative estimate of drug-likeness (QED) is 0.416. The lowest BCUT2D eigenvalue weighted by molar-refractivity contribution is -0.175. The van der Waals surface area contributed by atoms with Crippen molar-refractivity contribution in [1.29, 1.82) is 0 Å². The van der Waals surface area contributed by atoms with E-state index in [4.69, 9.17) is 10.2 Å². The first-order chi connectivity index (χ1) is 3.63. The Morgan fingerprint density at radius 3 is 2.25 bits per heavy atom. The summed E-state index contributed by atoms with van der Waals surface area (Å²) in [4.78, 5) is 10.4. The molecule has 0 radical (unpaired) electrons. The van der Waals surface area contributed by atoms with Crippen LogP contribution in [-0.4, -0.2) is 21.8 Å². The molecule has 0 unspecified atom stereocenters. The van der Waals surface area contributed by atoms with Crippen molar-refractivity contribution >= 4 is 5.78 Å². The fourth-order valence-corrected chi connectivity index (χ4v) is 0.835. The topological polar surface area (TPSA) is 57.5 Å². The number of hydrogen-bond donors (Lipinski definition) is 2. The van der Waals surface area contributed by atoms with Crippen molar-refractivity contribution in [2.24, 2.45) is 0 Å². The van der Waals surface area contributed by atoms with Gasteiger partial charge in [0, 0.05) is 12.8 Å². The highest BCUT2D eigenvalue weighted by Crippen LogP contribution is 2.22. The van der Waals surface area contributed by atoms with Crippen molar-refractivity contribution in [3.05, 3.63) is 0 Å². The fraction of sp³-hybridized carbons (Fsp3) is 0.800. The van der Waals surface area contributed by atoms with Crippen LogP contribution in [0.1, 0.15) is 19.3 Å². The van der Waals surface area contributed by atoms with E-state index in [9.17, 15) is 4.79 Å². The Hall–Kier alpha value is -0.410. The third kappa shape index (κ3) is 0.743. The van der Waals surface area contributed by atoms with Crippen molar-refractivity contribution in [2.75, 3.05) is 0 Å². The normalized spacial score (nSPS) is 26.5. The molecule has 8 heavy (non-hydrogen) atoms. The van der Waals surface area contributed by atoms with E-state index >= 15 is 0 Å². The second-order valence-electron chi connectivity index (χ2n) is 2.09. The highest BCUT2D eigenvalue weighted by molar-refractivity contribution is 5.87. The van der Waals surface area contributed by atoms with Gasteiger partial charge in [-0.25, -0.2) is 0 Å². The summed E-state index contributed by atoms with van der Waals surface area (Å²) in [6, 6.07) is 0. The Morgan fingerprint density at radius 2 is 2.12 bits per heavy atom. The number of ketones is 1. The van der Waals surface area contributed by atoms with Gasteiger partial charge in [-0.15, -0.1) is 0 Å². The van der Waals surface area contributed by atoms with E-state index in [0.717, 1.165) is 0 Å². The summed E-state index contributed by atoms with van der Waals surface area (Å²) in [5.74, 6) is -2.43. The lowest BCUT2D eigenvalue weighted by atomic mass is 10.2. The molecule has 1 aliphatic rings. The van der Waals surface area contributed by atoms with E-state index in [1.54, 1.807) is 0 Å². The molecule has 0 aromatic rings. The number of rotatable bonds is 0. The van der Waals surface area contributed by atoms with Gasteiger partial charge in [-0.1, -0.05) is 0 Å². The van der Waals surface area contributed by atoms with Crippen molar-refractivity contribution in [1.82, 2.24) is 0 Å². The molecule has 0 aliphatic heterocycles. The summed E-state index contributed by atoms with van der Waals surface area (Å²) in [6.45, 7) is 0. The predicted octanol–water partition coefficient (Wildman–Crippen LogP) is -0.580. The zero-order valence-corrected chi connectivity index (χ0v) is 4.42. The Morgan fingerprint density at radius 1 is 1.50 bits per heavy atom. The SMILES string of the molecule is O=C1CCCC1(O)O. The molecule has 1 rings (SSSR count). The Bertz CT molecular complexity index is 117. The lowest BCUT2D eigenvalue weighted by Gasteiger charge is -2.09. The van der Waals surface area contributed by atoms with Crippen LogP contribution >= 0.6 is 0 Å². The van der Waals surface area contributed by atoms with E-state index in [0.29, 0.717) is 12.8 Å². The minimum Gasteiger partial charge on any atom is -0.360 e. The maximum absolute atomic E-state index is 10.4. The third-order valence-electron chi connectivity index (χ3n) is 1.38. The molecule has 46 valence electrons. The first-order valence-electron chi connectivity index (χ1n) is 2.61. The van der Waals surface area contributed by atoms with E-state index < -0.39 is 11.6 Å². The summed E-state index contributed by atoms with van der Waals surface area (Å²) < 4.78 is 0. The Kier molecular flexibility index (Phi) is 1.10. The van der Waals surface area contributed by atoms with Gasteiger partial charge in [0.2, 0.25) is 5.79 Å². The molecule has 0 aromatic carbocycles. The number of Topliss-reactive ketones (excluding diaryl/α,β-unsaturated/α-hetero) is 1. The second kappa shape index (κ2) is 1.53. The van der Waals surface area contributed by atoms with Gasteiger partial charge in [0.05, 0.1) is 0 Å². The summed E-state index contributed by atoms with van der Waals surface area (Å²) in [5.41, 5.74) is 0. The zero-order valence-electron chi connectivity index (χ0n) is 4.42. The first-order valence-corrected chi connectivity index (χ1v) is 2.61. The number of carbonyl (C=O) groups is 1. The van der Waals surface area contributed by atoms with E-state index in [1.807, 2.05) is 0 Å². The van der Waals surface area contributed by atoms with Crippen LogP contribution in [0.25, 0.3) is 0 Å². The number of aliphatic hydroxyl groups is 2. The maximum atomic E-state index is 10.4. The molecule has 1 fully saturated rings. The maximum Gasteiger partial charge on any atom is 0.223 e. The second-order valence-corrected chi connectivity index (χ2v) is 2.09. The fourth-order valence-electron chi connectivity index (χ4n) is 0.835. The van der Waals surface area contributed by atoms with Crippen molar-refractivity contribution in [3.63, 3.8) is 0 Å². The number of carbonyl (C=O) groups excluding carboxylic acids is 1. The summed E-state index contributed by atoms with van der Waals surface area (Å²) >= 11 is 0. The van der Waals surface area contributed by atoms with E-state index in [-0.39, 0.29) is 6.42 Å². The Balaban J connectivity index is 2.68. The van der Waals surface area contributed by atoms with Gasteiger partial charge in [0.1, 0.15) is 0 Å². The molecule has 1 saturated carbocycles. The summed E-state index contributed by atoms with van der Waals surface area (Å²) in [5, 5.41) is 17.3. The van der Waals surface area contributed by atoms with Crippen LogP contribution in [0.4, 0.5) is 0 Å². The Labute approximate surface area is 46.9 Å². The molecule has 3 nitrogen and oxygen atoms in total. The van der Waals surface area contributed by atoms with Crippen LogP contribution < -0.4 is 0 Å². The third-order valence-corrected chi connectivity index (χ3v) is 1.38. The molecule has 0 atom stereocenters. The number of hydrogen-bond acceptors (Lipinski definition) is 3. The average Bonchev–Trinajstić information content (AvgIpc) is 1.86. The van der Waals surface area contributed by atoms with Crippen LogP contribution in [0.5, 0.6) is 0 Å². The molecule has 0 heterocycles. The highest BCUT2D eigenvalue weighted by atomic mass is 16.5. The average molecular weight is 116 g/mol. The molecule has 0 aromatic heterocycles.